The topological polar surface area (TPSA) is 111 Å². The van der Waals surface area contributed by atoms with Crippen LogP contribution in [0.15, 0.2) is 76.0 Å². The Morgan fingerprint density at radius 3 is 2.59 bits per heavy atom. The minimum absolute atomic E-state index is 0.0169. The van der Waals surface area contributed by atoms with Crippen molar-refractivity contribution >= 4 is 51.3 Å². The summed E-state index contributed by atoms with van der Waals surface area (Å²) in [5, 5.41) is 15.2. The zero-order valence-electron chi connectivity index (χ0n) is 22.1. The van der Waals surface area contributed by atoms with Crippen molar-refractivity contribution in [3.8, 4) is 5.75 Å². The van der Waals surface area contributed by atoms with Crippen LogP contribution in [0.2, 0.25) is 0 Å². The number of nitrogens with zero attached hydrogens (tertiary/aromatic N) is 2. The van der Waals surface area contributed by atoms with E-state index in [0.717, 1.165) is 16.5 Å². The monoisotopic (exact) mass is 549 g/mol. The number of amides is 1. The fourth-order valence-electron chi connectivity index (χ4n) is 4.06. The number of aliphatic hydroxyl groups is 1. The third kappa shape index (κ3) is 6.71. The van der Waals surface area contributed by atoms with E-state index in [1.54, 1.807) is 44.4 Å². The predicted octanol–water partition coefficient (Wildman–Crippen LogP) is 5.00. The average molecular weight is 550 g/mol. The van der Waals surface area contributed by atoms with Crippen molar-refractivity contribution in [3.63, 3.8) is 0 Å². The Morgan fingerprint density at radius 2 is 1.87 bits per heavy atom. The number of aliphatic hydroxyl groups excluding tert-OH is 1. The second kappa shape index (κ2) is 13.2. The third-order valence-electron chi connectivity index (χ3n) is 5.80. The van der Waals surface area contributed by atoms with E-state index >= 15 is 0 Å². The van der Waals surface area contributed by atoms with Gasteiger partial charge in [-0.1, -0.05) is 30.0 Å². The van der Waals surface area contributed by atoms with Gasteiger partial charge >= 0.3 is 5.97 Å². The first-order chi connectivity index (χ1) is 18.9. The molecule has 0 fully saturated rings. The van der Waals surface area contributed by atoms with Crippen molar-refractivity contribution < 1.29 is 28.9 Å². The van der Waals surface area contributed by atoms with Crippen LogP contribution in [-0.4, -0.2) is 60.1 Å². The first-order valence-corrected chi connectivity index (χ1v) is 13.4. The highest BCUT2D eigenvalue weighted by Gasteiger charge is 2.33. The van der Waals surface area contributed by atoms with Gasteiger partial charge in [0.1, 0.15) is 28.7 Å². The maximum atomic E-state index is 12.8. The molecule has 2 heterocycles. The Kier molecular flexibility index (Phi) is 9.45. The molecule has 204 valence electrons. The molecule has 0 radical (unpaired) electrons. The number of para-hydroxylation sites is 1. The lowest BCUT2D eigenvalue weighted by Gasteiger charge is -2.06. The van der Waals surface area contributed by atoms with E-state index in [-0.39, 0.29) is 30.4 Å². The molecule has 0 spiro atoms. The summed E-state index contributed by atoms with van der Waals surface area (Å²) < 4.78 is 17.6. The molecule has 0 saturated carbocycles. The molecule has 2 aromatic carbocycles. The zero-order valence-corrected chi connectivity index (χ0v) is 22.9. The Morgan fingerprint density at radius 1 is 1.10 bits per heavy atom. The number of aromatic nitrogens is 1. The molecule has 0 unspecified atom stereocenters. The van der Waals surface area contributed by atoms with Gasteiger partial charge in [-0.2, -0.15) is 0 Å². The maximum absolute atomic E-state index is 12.8. The van der Waals surface area contributed by atoms with E-state index in [9.17, 15) is 14.7 Å². The smallest absolute Gasteiger partial charge is 0.344 e. The SMILES string of the molecule is CCOC(=O)C1=C(O)/C(=C/c2cn(CC(=O)NCCOC)c3ccccc23)SC1=Nc1ccc(OCC)cc1. The van der Waals surface area contributed by atoms with Crippen molar-refractivity contribution in [2.45, 2.75) is 20.4 Å². The molecule has 3 aromatic rings. The number of ether oxygens (including phenoxy) is 3. The minimum Gasteiger partial charge on any atom is -0.506 e. The van der Waals surface area contributed by atoms with E-state index in [1.165, 1.54) is 11.8 Å². The van der Waals surface area contributed by atoms with E-state index in [1.807, 2.05) is 42.0 Å². The van der Waals surface area contributed by atoms with Crippen molar-refractivity contribution in [1.29, 1.82) is 0 Å². The van der Waals surface area contributed by atoms with Gasteiger partial charge in [-0.25, -0.2) is 9.79 Å². The van der Waals surface area contributed by atoms with Gasteiger partial charge in [-0.15, -0.1) is 0 Å². The first-order valence-electron chi connectivity index (χ1n) is 12.6. The molecule has 1 aromatic heterocycles. The summed E-state index contributed by atoms with van der Waals surface area (Å²) in [6.07, 6.45) is 3.65. The van der Waals surface area contributed by atoms with Crippen LogP contribution < -0.4 is 10.1 Å². The number of methoxy groups -OCH3 is 1. The fraction of sp³-hybridized carbons (Fsp3) is 0.276. The first kappa shape index (κ1) is 28.0. The zero-order chi connectivity index (χ0) is 27.8. The third-order valence-corrected chi connectivity index (χ3v) is 6.82. The van der Waals surface area contributed by atoms with Gasteiger partial charge in [-0.05, 0) is 50.3 Å². The average Bonchev–Trinajstić information content (AvgIpc) is 3.42. The lowest BCUT2D eigenvalue weighted by molar-refractivity contribution is -0.138. The van der Waals surface area contributed by atoms with Crippen molar-refractivity contribution in [1.82, 2.24) is 9.88 Å². The lowest BCUT2D eigenvalue weighted by atomic mass is 10.1. The van der Waals surface area contributed by atoms with Gasteiger partial charge in [0, 0.05) is 36.3 Å². The molecule has 1 aliphatic heterocycles. The van der Waals surface area contributed by atoms with Gasteiger partial charge in [0.15, 0.2) is 0 Å². The number of esters is 1. The Labute approximate surface area is 231 Å². The van der Waals surface area contributed by atoms with E-state index in [2.05, 4.69) is 10.3 Å². The molecule has 1 aliphatic rings. The van der Waals surface area contributed by atoms with Crippen LogP contribution in [0, 0.1) is 0 Å². The summed E-state index contributed by atoms with van der Waals surface area (Å²) in [6, 6.07) is 14.9. The van der Waals surface area contributed by atoms with Gasteiger partial charge in [0.25, 0.3) is 0 Å². The van der Waals surface area contributed by atoms with Crippen LogP contribution in [-0.2, 0) is 25.6 Å². The highest BCUT2D eigenvalue weighted by molar-refractivity contribution is 8.18. The second-order valence-electron chi connectivity index (χ2n) is 8.47. The molecule has 0 saturated heterocycles. The van der Waals surface area contributed by atoms with E-state index in [4.69, 9.17) is 14.2 Å². The Balaban J connectivity index is 1.69. The molecular formula is C29H31N3O6S. The van der Waals surface area contributed by atoms with Crippen LogP contribution in [0.3, 0.4) is 0 Å². The number of nitrogens with one attached hydrogen (secondary N) is 1. The molecule has 0 bridgehead atoms. The lowest BCUT2D eigenvalue weighted by Crippen LogP contribution is -2.30. The fourth-order valence-corrected chi connectivity index (χ4v) is 5.08. The summed E-state index contributed by atoms with van der Waals surface area (Å²) in [7, 11) is 1.58. The molecular weight excluding hydrogens is 518 g/mol. The molecule has 0 aliphatic carbocycles. The number of carbonyl (C=O) groups excluding carboxylic acids is 2. The Bertz CT molecular complexity index is 1440. The van der Waals surface area contributed by atoms with Crippen LogP contribution in [0.5, 0.6) is 5.75 Å². The normalized spacial score (nSPS) is 15.4. The minimum atomic E-state index is -0.647. The standard InChI is InChI=1S/C29H31N3O6S/c1-4-37-21-12-10-20(11-13-21)31-28-26(29(35)38-5-2)27(34)24(39-28)16-19-17-32(18-25(33)30-14-15-36-3)23-9-7-6-8-22(19)23/h6-13,16-17,34H,4-5,14-15,18H2,1-3H3,(H,30,33)/b24-16-,31-28?. The molecule has 9 nitrogen and oxygen atoms in total. The summed E-state index contributed by atoms with van der Waals surface area (Å²) in [6.45, 7) is 5.31. The molecule has 4 rings (SSSR count). The van der Waals surface area contributed by atoms with Gasteiger partial charge < -0.3 is 29.2 Å². The van der Waals surface area contributed by atoms with E-state index < -0.39 is 5.97 Å². The van der Waals surface area contributed by atoms with Crippen molar-refractivity contribution in [2.24, 2.45) is 4.99 Å². The van der Waals surface area contributed by atoms with Crippen LogP contribution in [0.4, 0.5) is 5.69 Å². The van der Waals surface area contributed by atoms with Gasteiger partial charge in [0.05, 0.1) is 30.4 Å². The van der Waals surface area contributed by atoms with Crippen LogP contribution in [0.1, 0.15) is 19.4 Å². The van der Waals surface area contributed by atoms with Crippen molar-refractivity contribution in [2.75, 3.05) is 33.5 Å². The van der Waals surface area contributed by atoms with Gasteiger partial charge in [0.2, 0.25) is 5.91 Å². The summed E-state index contributed by atoms with van der Waals surface area (Å²) >= 11 is 1.18. The van der Waals surface area contributed by atoms with Crippen molar-refractivity contribution in [3.05, 3.63) is 76.5 Å². The molecule has 1 amide bonds. The molecule has 10 heteroatoms. The number of carbonyl (C=O) groups is 2. The van der Waals surface area contributed by atoms with Gasteiger partial charge in [-0.3, -0.25) is 4.79 Å². The number of benzene rings is 2. The number of hydrogen-bond donors (Lipinski definition) is 2. The highest BCUT2D eigenvalue weighted by atomic mass is 32.2. The number of rotatable bonds is 11. The molecule has 0 atom stereocenters. The van der Waals surface area contributed by atoms with E-state index in [0.29, 0.717) is 41.1 Å². The maximum Gasteiger partial charge on any atom is 0.344 e. The summed E-state index contributed by atoms with van der Waals surface area (Å²) in [5.41, 5.74) is 2.28. The Hall–Kier alpha value is -4.02. The number of hydrogen-bond acceptors (Lipinski definition) is 8. The number of thioether (sulfide) groups is 1. The predicted molar refractivity (Wildman–Crippen MR) is 153 cm³/mol. The summed E-state index contributed by atoms with van der Waals surface area (Å²) in [4.78, 5) is 30.3. The highest BCUT2D eigenvalue weighted by Crippen LogP contribution is 2.41. The molecule has 2 N–H and O–H groups in total. The second-order valence-corrected chi connectivity index (χ2v) is 9.50. The van der Waals surface area contributed by atoms with Crippen LogP contribution in [0.25, 0.3) is 17.0 Å². The number of aliphatic imine (C=N–C) groups is 1. The summed E-state index contributed by atoms with van der Waals surface area (Å²) in [5.74, 6) is -0.267. The largest absolute Gasteiger partial charge is 0.506 e. The van der Waals surface area contributed by atoms with Crippen LogP contribution >= 0.6 is 11.8 Å². The molecule has 39 heavy (non-hydrogen) atoms. The number of fused-ring (bicyclic) bond motifs is 1. The quantitative estimate of drug-likeness (QED) is 0.256.